The van der Waals surface area contributed by atoms with Crippen LogP contribution in [0.4, 0.5) is 5.13 Å². The SMILES string of the molecule is CC(=O)c1ccc(C(=O)N(CC2CCCO2)c2nc3c(C)cccc3s2)cc1. The number of para-hydroxylation sites is 1. The van der Waals surface area contributed by atoms with Crippen LogP contribution in [0, 0.1) is 6.92 Å². The monoisotopic (exact) mass is 394 g/mol. The van der Waals surface area contributed by atoms with Crippen molar-refractivity contribution in [3.8, 4) is 0 Å². The van der Waals surface area contributed by atoms with Crippen molar-refractivity contribution >= 4 is 38.4 Å². The quantitative estimate of drug-likeness (QED) is 0.592. The zero-order chi connectivity index (χ0) is 19.7. The number of rotatable bonds is 5. The van der Waals surface area contributed by atoms with Crippen molar-refractivity contribution < 1.29 is 14.3 Å². The Kier molecular flexibility index (Phi) is 5.24. The number of anilines is 1. The van der Waals surface area contributed by atoms with Crippen molar-refractivity contribution in [1.82, 2.24) is 4.98 Å². The van der Waals surface area contributed by atoms with Crippen LogP contribution >= 0.6 is 11.3 Å². The lowest BCUT2D eigenvalue weighted by Gasteiger charge is -2.23. The van der Waals surface area contributed by atoms with Gasteiger partial charge in [0, 0.05) is 17.7 Å². The number of benzene rings is 2. The molecule has 4 rings (SSSR count). The third-order valence-corrected chi connectivity index (χ3v) is 6.08. The van der Waals surface area contributed by atoms with E-state index in [-0.39, 0.29) is 17.8 Å². The van der Waals surface area contributed by atoms with Gasteiger partial charge in [-0.25, -0.2) is 4.98 Å². The average Bonchev–Trinajstić information content (AvgIpc) is 3.36. The smallest absolute Gasteiger partial charge is 0.260 e. The topological polar surface area (TPSA) is 59.5 Å². The lowest BCUT2D eigenvalue weighted by atomic mass is 10.1. The molecule has 0 spiro atoms. The Bertz CT molecular complexity index is 1020. The molecule has 0 bridgehead atoms. The first-order chi connectivity index (χ1) is 13.5. The predicted molar refractivity (Wildman–Crippen MR) is 111 cm³/mol. The molecule has 28 heavy (non-hydrogen) atoms. The number of ketones is 1. The molecule has 2 aromatic carbocycles. The molecule has 0 saturated carbocycles. The first kappa shape index (κ1) is 18.8. The molecule has 144 valence electrons. The fraction of sp³-hybridized carbons (Fsp3) is 0.318. The Morgan fingerprint density at radius 3 is 2.57 bits per heavy atom. The largest absolute Gasteiger partial charge is 0.376 e. The molecule has 0 aliphatic carbocycles. The molecule has 3 aromatic rings. The summed E-state index contributed by atoms with van der Waals surface area (Å²) in [5.74, 6) is -0.140. The summed E-state index contributed by atoms with van der Waals surface area (Å²) in [4.78, 5) is 31.3. The zero-order valence-corrected chi connectivity index (χ0v) is 16.8. The van der Waals surface area contributed by atoms with Gasteiger partial charge < -0.3 is 4.74 Å². The van der Waals surface area contributed by atoms with Gasteiger partial charge in [0.2, 0.25) is 0 Å². The van der Waals surface area contributed by atoms with Crippen LogP contribution in [0.3, 0.4) is 0 Å². The van der Waals surface area contributed by atoms with Gasteiger partial charge in [0.25, 0.3) is 5.91 Å². The Labute approximate surface area is 168 Å². The third-order valence-electron chi connectivity index (χ3n) is 5.03. The minimum absolute atomic E-state index is 0.0168. The molecule has 1 amide bonds. The molecule has 2 heterocycles. The molecular weight excluding hydrogens is 372 g/mol. The first-order valence-corrected chi connectivity index (χ1v) is 10.2. The highest BCUT2D eigenvalue weighted by Gasteiger charge is 2.27. The second-order valence-corrected chi connectivity index (χ2v) is 8.11. The van der Waals surface area contributed by atoms with Crippen LogP contribution in [-0.2, 0) is 4.74 Å². The van der Waals surface area contributed by atoms with E-state index in [1.54, 1.807) is 29.2 Å². The number of hydrogen-bond donors (Lipinski definition) is 0. The number of thiazole rings is 1. The number of aryl methyl sites for hydroxylation is 1. The van der Waals surface area contributed by atoms with E-state index < -0.39 is 0 Å². The maximum Gasteiger partial charge on any atom is 0.260 e. The number of nitrogens with zero attached hydrogens (tertiary/aromatic N) is 2. The molecule has 0 N–H and O–H groups in total. The number of hydrogen-bond acceptors (Lipinski definition) is 5. The summed E-state index contributed by atoms with van der Waals surface area (Å²) >= 11 is 1.52. The van der Waals surface area contributed by atoms with Crippen molar-refractivity contribution in [3.63, 3.8) is 0 Å². The highest BCUT2D eigenvalue weighted by molar-refractivity contribution is 7.22. The first-order valence-electron chi connectivity index (χ1n) is 9.43. The average molecular weight is 394 g/mol. The van der Waals surface area contributed by atoms with Gasteiger partial charge in [-0.3, -0.25) is 14.5 Å². The van der Waals surface area contributed by atoms with Crippen molar-refractivity contribution in [2.45, 2.75) is 32.8 Å². The van der Waals surface area contributed by atoms with E-state index in [9.17, 15) is 9.59 Å². The van der Waals surface area contributed by atoms with Crippen LogP contribution in [-0.4, -0.2) is 35.9 Å². The zero-order valence-electron chi connectivity index (χ0n) is 16.0. The van der Waals surface area contributed by atoms with E-state index in [1.165, 1.54) is 18.3 Å². The molecule has 1 saturated heterocycles. The number of amides is 1. The van der Waals surface area contributed by atoms with Crippen LogP contribution < -0.4 is 4.90 Å². The summed E-state index contributed by atoms with van der Waals surface area (Å²) in [7, 11) is 0. The van der Waals surface area contributed by atoms with Crippen molar-refractivity contribution in [3.05, 3.63) is 59.2 Å². The molecule has 1 aromatic heterocycles. The van der Waals surface area contributed by atoms with Crippen LogP contribution in [0.1, 0.15) is 46.0 Å². The maximum absolute atomic E-state index is 13.3. The second-order valence-electron chi connectivity index (χ2n) is 7.10. The maximum atomic E-state index is 13.3. The van der Waals surface area contributed by atoms with Crippen LogP contribution in [0.5, 0.6) is 0 Å². The van der Waals surface area contributed by atoms with E-state index in [1.807, 2.05) is 25.1 Å². The lowest BCUT2D eigenvalue weighted by Crippen LogP contribution is -2.37. The fourth-order valence-corrected chi connectivity index (χ4v) is 4.48. The van der Waals surface area contributed by atoms with Crippen molar-refractivity contribution in [2.75, 3.05) is 18.1 Å². The van der Waals surface area contributed by atoms with E-state index in [0.717, 1.165) is 35.2 Å². The van der Waals surface area contributed by atoms with Gasteiger partial charge in [-0.1, -0.05) is 35.6 Å². The highest BCUT2D eigenvalue weighted by Crippen LogP contribution is 2.32. The van der Waals surface area contributed by atoms with Crippen molar-refractivity contribution in [2.24, 2.45) is 0 Å². The molecule has 1 unspecified atom stereocenters. The van der Waals surface area contributed by atoms with Crippen LogP contribution in [0.25, 0.3) is 10.2 Å². The third kappa shape index (κ3) is 3.70. The van der Waals surface area contributed by atoms with Gasteiger partial charge in [-0.2, -0.15) is 0 Å². The molecule has 1 atom stereocenters. The number of carbonyl (C=O) groups excluding carboxylic acids is 2. The molecule has 6 heteroatoms. The number of ether oxygens (including phenoxy) is 1. The summed E-state index contributed by atoms with van der Waals surface area (Å²) in [5, 5.41) is 0.681. The highest BCUT2D eigenvalue weighted by atomic mass is 32.1. The minimum atomic E-state index is -0.123. The van der Waals surface area contributed by atoms with Gasteiger partial charge in [-0.05, 0) is 50.5 Å². The Morgan fingerprint density at radius 1 is 1.18 bits per heavy atom. The summed E-state index contributed by atoms with van der Waals surface area (Å²) < 4.78 is 6.84. The summed E-state index contributed by atoms with van der Waals surface area (Å²) in [5.41, 5.74) is 3.16. The lowest BCUT2D eigenvalue weighted by molar-refractivity contribution is 0.0916. The number of Topliss-reactive ketones (excluding diaryl/α,β-unsaturated/α-hetero) is 1. The Hall–Kier alpha value is -2.57. The van der Waals surface area contributed by atoms with Crippen molar-refractivity contribution in [1.29, 1.82) is 0 Å². The normalized spacial score (nSPS) is 16.4. The Morgan fingerprint density at radius 2 is 1.93 bits per heavy atom. The molecular formula is C22H22N2O3S. The van der Waals surface area contributed by atoms with E-state index in [0.29, 0.717) is 22.8 Å². The van der Waals surface area contributed by atoms with E-state index in [4.69, 9.17) is 9.72 Å². The molecule has 1 fully saturated rings. The Balaban J connectivity index is 1.70. The molecule has 5 nitrogen and oxygen atoms in total. The number of aromatic nitrogens is 1. The second kappa shape index (κ2) is 7.81. The minimum Gasteiger partial charge on any atom is -0.376 e. The van der Waals surface area contributed by atoms with Gasteiger partial charge in [-0.15, -0.1) is 0 Å². The van der Waals surface area contributed by atoms with Gasteiger partial charge in [0.1, 0.15) is 0 Å². The number of carbonyl (C=O) groups is 2. The van der Waals surface area contributed by atoms with Gasteiger partial charge >= 0.3 is 0 Å². The van der Waals surface area contributed by atoms with Gasteiger partial charge in [0.15, 0.2) is 10.9 Å². The van der Waals surface area contributed by atoms with E-state index in [2.05, 4.69) is 0 Å². The molecule has 1 aliphatic heterocycles. The molecule has 0 radical (unpaired) electrons. The molecule has 1 aliphatic rings. The summed E-state index contributed by atoms with van der Waals surface area (Å²) in [6, 6.07) is 12.9. The summed E-state index contributed by atoms with van der Waals surface area (Å²) in [6.45, 7) is 4.76. The van der Waals surface area contributed by atoms with Crippen LogP contribution in [0.2, 0.25) is 0 Å². The van der Waals surface area contributed by atoms with Crippen LogP contribution in [0.15, 0.2) is 42.5 Å². The standard InChI is InChI=1S/C22H22N2O3S/c1-14-5-3-7-19-20(14)23-22(28-19)24(13-18-6-4-12-27-18)21(26)17-10-8-16(9-11-17)15(2)25/h3,5,7-11,18H,4,6,12-13H2,1-2H3. The number of fused-ring (bicyclic) bond motifs is 1. The van der Waals surface area contributed by atoms with E-state index >= 15 is 0 Å². The van der Waals surface area contributed by atoms with Gasteiger partial charge in [0.05, 0.1) is 22.9 Å². The fourth-order valence-electron chi connectivity index (χ4n) is 3.43. The predicted octanol–water partition coefficient (Wildman–Crippen LogP) is 4.63. The summed E-state index contributed by atoms with van der Waals surface area (Å²) in [6.07, 6.45) is 1.98.